The third-order valence-electron chi connectivity index (χ3n) is 5.80. The second-order valence-corrected chi connectivity index (χ2v) is 10.2. The van der Waals surface area contributed by atoms with Crippen LogP contribution in [0.5, 0.6) is 0 Å². The minimum atomic E-state index is -3.99. The molecule has 1 aromatic carbocycles. The van der Waals surface area contributed by atoms with Gasteiger partial charge in [0.2, 0.25) is 15.9 Å². The zero-order valence-electron chi connectivity index (χ0n) is 19.2. The zero-order valence-corrected chi connectivity index (χ0v) is 20.0. The molecule has 2 aromatic heterocycles. The Morgan fingerprint density at radius 3 is 2.54 bits per heavy atom. The van der Waals surface area contributed by atoms with Gasteiger partial charge in [-0.15, -0.1) is 0 Å². The maximum absolute atomic E-state index is 13.9. The van der Waals surface area contributed by atoms with Crippen molar-refractivity contribution in [2.75, 3.05) is 18.4 Å². The van der Waals surface area contributed by atoms with E-state index in [9.17, 15) is 22.0 Å². The molecular formula is C24H24F2N4O4S. The molecule has 3 heterocycles. The van der Waals surface area contributed by atoms with Crippen LogP contribution in [0.1, 0.15) is 35.4 Å². The fourth-order valence-corrected chi connectivity index (χ4v) is 5.58. The Labute approximate surface area is 201 Å². The lowest BCUT2D eigenvalue weighted by Gasteiger charge is -2.30. The molecule has 0 aliphatic carbocycles. The molecule has 184 valence electrons. The first-order chi connectivity index (χ1) is 16.6. The van der Waals surface area contributed by atoms with E-state index in [0.717, 1.165) is 17.7 Å². The van der Waals surface area contributed by atoms with Gasteiger partial charge in [-0.2, -0.15) is 4.31 Å². The monoisotopic (exact) mass is 502 g/mol. The van der Waals surface area contributed by atoms with E-state index in [4.69, 9.17) is 4.52 Å². The number of carbonyl (C=O) groups is 1. The Morgan fingerprint density at radius 2 is 1.89 bits per heavy atom. The molecule has 0 unspecified atom stereocenters. The number of anilines is 1. The predicted molar refractivity (Wildman–Crippen MR) is 126 cm³/mol. The SMILES string of the molecule is Cc1ccc(NC(=O)C2CCN(S(=O)(=O)c3c(C)noc3C=Cc3ccc(F)cc3F)CC2)nc1. The molecular weight excluding hydrogens is 478 g/mol. The number of hydrogen-bond acceptors (Lipinski definition) is 6. The van der Waals surface area contributed by atoms with Crippen LogP contribution in [0.3, 0.4) is 0 Å². The largest absolute Gasteiger partial charge is 0.355 e. The molecule has 1 N–H and O–H groups in total. The van der Waals surface area contributed by atoms with Crippen LogP contribution in [0.25, 0.3) is 12.2 Å². The van der Waals surface area contributed by atoms with E-state index in [2.05, 4.69) is 15.5 Å². The van der Waals surface area contributed by atoms with Gasteiger partial charge in [0, 0.05) is 36.8 Å². The molecule has 0 spiro atoms. The highest BCUT2D eigenvalue weighted by Gasteiger charge is 2.36. The number of nitrogens with zero attached hydrogens (tertiary/aromatic N) is 3. The number of aryl methyl sites for hydroxylation is 2. The van der Waals surface area contributed by atoms with Crippen LogP contribution >= 0.6 is 0 Å². The van der Waals surface area contributed by atoms with Gasteiger partial charge in [-0.3, -0.25) is 4.79 Å². The molecule has 0 bridgehead atoms. The number of rotatable bonds is 6. The van der Waals surface area contributed by atoms with Crippen molar-refractivity contribution >= 4 is 33.9 Å². The molecule has 35 heavy (non-hydrogen) atoms. The van der Waals surface area contributed by atoms with Gasteiger partial charge in [-0.1, -0.05) is 11.2 Å². The van der Waals surface area contributed by atoms with Gasteiger partial charge in [0.1, 0.15) is 23.1 Å². The first kappa shape index (κ1) is 24.7. The number of halogens is 2. The van der Waals surface area contributed by atoms with Gasteiger partial charge in [0.25, 0.3) is 0 Å². The number of pyridine rings is 1. The summed E-state index contributed by atoms with van der Waals surface area (Å²) in [7, 11) is -3.99. The summed E-state index contributed by atoms with van der Waals surface area (Å²) in [6.07, 6.45) is 4.92. The van der Waals surface area contributed by atoms with Crippen LogP contribution in [0.4, 0.5) is 14.6 Å². The van der Waals surface area contributed by atoms with Gasteiger partial charge < -0.3 is 9.84 Å². The molecule has 4 rings (SSSR count). The molecule has 0 atom stereocenters. The van der Waals surface area contributed by atoms with Crippen LogP contribution in [0.2, 0.25) is 0 Å². The lowest BCUT2D eigenvalue weighted by molar-refractivity contribution is -0.120. The molecule has 1 saturated heterocycles. The van der Waals surface area contributed by atoms with Gasteiger partial charge in [-0.25, -0.2) is 22.2 Å². The van der Waals surface area contributed by atoms with Crippen LogP contribution in [-0.2, 0) is 14.8 Å². The minimum Gasteiger partial charge on any atom is -0.355 e. The molecule has 11 heteroatoms. The highest BCUT2D eigenvalue weighted by Crippen LogP contribution is 2.29. The van der Waals surface area contributed by atoms with Gasteiger partial charge in [-0.05, 0) is 62.6 Å². The van der Waals surface area contributed by atoms with Gasteiger partial charge in [0.05, 0.1) is 0 Å². The van der Waals surface area contributed by atoms with E-state index in [-0.39, 0.29) is 46.8 Å². The molecule has 1 fully saturated rings. The van der Waals surface area contributed by atoms with Gasteiger partial charge >= 0.3 is 0 Å². The summed E-state index contributed by atoms with van der Waals surface area (Å²) in [5, 5.41) is 6.54. The van der Waals surface area contributed by atoms with E-state index in [1.54, 1.807) is 12.3 Å². The molecule has 1 aliphatic rings. The van der Waals surface area contributed by atoms with Crippen molar-refractivity contribution in [3.63, 3.8) is 0 Å². The summed E-state index contributed by atoms with van der Waals surface area (Å²) in [6, 6.07) is 6.63. The topological polar surface area (TPSA) is 105 Å². The van der Waals surface area contributed by atoms with E-state index in [1.165, 1.54) is 29.4 Å². The fourth-order valence-electron chi connectivity index (χ4n) is 3.86. The Bertz CT molecular complexity index is 1360. The summed E-state index contributed by atoms with van der Waals surface area (Å²) in [5.74, 6) is -1.67. The number of sulfonamides is 1. The quantitative estimate of drug-likeness (QED) is 0.542. The summed E-state index contributed by atoms with van der Waals surface area (Å²) in [4.78, 5) is 16.7. The average Bonchev–Trinajstić information content (AvgIpc) is 3.21. The second kappa shape index (κ2) is 10.0. The van der Waals surface area contributed by atoms with E-state index < -0.39 is 21.7 Å². The Morgan fingerprint density at radius 1 is 1.14 bits per heavy atom. The number of nitrogens with one attached hydrogen (secondary N) is 1. The molecule has 1 amide bonds. The van der Waals surface area contributed by atoms with E-state index in [0.29, 0.717) is 18.7 Å². The van der Waals surface area contributed by atoms with Crippen molar-refractivity contribution in [1.82, 2.24) is 14.4 Å². The van der Waals surface area contributed by atoms with Crippen molar-refractivity contribution in [3.05, 3.63) is 70.7 Å². The van der Waals surface area contributed by atoms with Crippen molar-refractivity contribution in [2.24, 2.45) is 5.92 Å². The Kier molecular flexibility index (Phi) is 7.08. The third-order valence-corrected chi connectivity index (χ3v) is 7.85. The Balaban J connectivity index is 1.46. The van der Waals surface area contributed by atoms with E-state index >= 15 is 0 Å². The third kappa shape index (κ3) is 5.46. The van der Waals surface area contributed by atoms with Crippen LogP contribution in [0.15, 0.2) is 45.9 Å². The lowest BCUT2D eigenvalue weighted by atomic mass is 9.97. The molecule has 8 nitrogen and oxygen atoms in total. The average molecular weight is 503 g/mol. The zero-order chi connectivity index (χ0) is 25.2. The lowest BCUT2D eigenvalue weighted by Crippen LogP contribution is -2.41. The van der Waals surface area contributed by atoms with Crippen molar-refractivity contribution in [1.29, 1.82) is 0 Å². The normalized spacial score (nSPS) is 15.5. The van der Waals surface area contributed by atoms with Crippen molar-refractivity contribution in [2.45, 2.75) is 31.6 Å². The Hall–Kier alpha value is -3.44. The number of amides is 1. The predicted octanol–water partition coefficient (Wildman–Crippen LogP) is 4.17. The van der Waals surface area contributed by atoms with E-state index in [1.807, 2.05) is 13.0 Å². The molecule has 0 radical (unpaired) electrons. The first-order valence-corrected chi connectivity index (χ1v) is 12.4. The van der Waals surface area contributed by atoms with Crippen LogP contribution < -0.4 is 5.32 Å². The fraction of sp³-hybridized carbons (Fsp3) is 0.292. The summed E-state index contributed by atoms with van der Waals surface area (Å²) in [6.45, 7) is 3.68. The summed E-state index contributed by atoms with van der Waals surface area (Å²) < 4.78 is 60.3. The maximum Gasteiger partial charge on any atom is 0.248 e. The first-order valence-electron chi connectivity index (χ1n) is 11.0. The second-order valence-electron chi connectivity index (χ2n) is 8.35. The molecule has 3 aromatic rings. The summed E-state index contributed by atoms with van der Waals surface area (Å²) >= 11 is 0. The number of hydrogen-bond donors (Lipinski definition) is 1. The highest BCUT2D eigenvalue weighted by atomic mass is 32.2. The molecule has 1 aliphatic heterocycles. The van der Waals surface area contributed by atoms with Crippen LogP contribution in [0, 0.1) is 31.4 Å². The highest BCUT2D eigenvalue weighted by molar-refractivity contribution is 7.89. The summed E-state index contributed by atoms with van der Waals surface area (Å²) in [5.41, 5.74) is 1.20. The van der Waals surface area contributed by atoms with Crippen molar-refractivity contribution in [3.8, 4) is 0 Å². The van der Waals surface area contributed by atoms with Crippen molar-refractivity contribution < 1.29 is 26.5 Å². The molecule has 0 saturated carbocycles. The smallest absolute Gasteiger partial charge is 0.248 e. The number of benzene rings is 1. The van der Waals surface area contributed by atoms with Crippen LogP contribution in [-0.4, -0.2) is 41.9 Å². The standard InChI is InChI=1S/C24H24F2N4O4S/c1-15-3-8-22(27-14-15)28-24(31)18-9-11-30(12-10-18)35(32,33)23-16(2)29-34-21(23)7-5-17-4-6-19(25)13-20(17)26/h3-8,13-14,18H,9-12H2,1-2H3,(H,27,28,31). The van der Waals surface area contributed by atoms with Gasteiger partial charge in [0.15, 0.2) is 10.7 Å². The number of aromatic nitrogens is 2. The maximum atomic E-state index is 13.9. The minimum absolute atomic E-state index is 0.0588. The number of piperidine rings is 1. The number of carbonyl (C=O) groups excluding carboxylic acids is 1.